The van der Waals surface area contributed by atoms with E-state index in [1.807, 2.05) is 63.2 Å². The van der Waals surface area contributed by atoms with E-state index in [2.05, 4.69) is 15.1 Å². The zero-order chi connectivity index (χ0) is 42.5. The van der Waals surface area contributed by atoms with Crippen molar-refractivity contribution in [1.29, 1.82) is 0 Å². The van der Waals surface area contributed by atoms with Crippen molar-refractivity contribution in [3.63, 3.8) is 0 Å². The number of cyclic esters (lactones) is 1. The highest BCUT2D eigenvalue weighted by molar-refractivity contribution is 6.00. The number of benzene rings is 1. The van der Waals surface area contributed by atoms with Crippen LogP contribution in [0, 0.1) is 17.8 Å². The highest BCUT2D eigenvalue weighted by atomic mass is 16.7. The number of nitrogens with zero attached hydrogens (tertiary/aromatic N) is 4. The molecule has 0 unspecified atom stereocenters. The minimum Gasteiger partial charge on any atom is -0.459 e. The van der Waals surface area contributed by atoms with Crippen LogP contribution in [0.5, 0.6) is 0 Å². The molecule has 1 aromatic carbocycles. The van der Waals surface area contributed by atoms with E-state index >= 15 is 0 Å². The zero-order valence-electron chi connectivity index (χ0n) is 35.5. The number of ether oxygens (including phenoxy) is 5. The van der Waals surface area contributed by atoms with Crippen LogP contribution >= 0.6 is 0 Å². The average Bonchev–Trinajstić information content (AvgIpc) is 3.19. The molecule has 2 N–H and O–H groups in total. The van der Waals surface area contributed by atoms with Crippen LogP contribution in [0.1, 0.15) is 86.6 Å². The molecule has 0 aliphatic carbocycles. The molecule has 2 bridgehead atoms. The molecule has 0 spiro atoms. The van der Waals surface area contributed by atoms with Crippen LogP contribution in [-0.2, 0) is 49.5 Å². The van der Waals surface area contributed by atoms with Crippen molar-refractivity contribution in [3.05, 3.63) is 42.1 Å². The van der Waals surface area contributed by atoms with Gasteiger partial charge in [-0.2, -0.15) is 0 Å². The number of carbonyl (C=O) groups is 3. The fraction of sp³-hybridized carbons (Fsp3) is 0.674. The van der Waals surface area contributed by atoms with E-state index in [0.29, 0.717) is 17.8 Å². The molecule has 3 saturated heterocycles. The van der Waals surface area contributed by atoms with Gasteiger partial charge in [0.25, 0.3) is 0 Å². The molecule has 4 heterocycles. The number of aliphatic hydroxyl groups excluding tert-OH is 1. The van der Waals surface area contributed by atoms with E-state index in [1.165, 1.54) is 20.8 Å². The monoisotopic (exact) mass is 810 g/mol. The maximum atomic E-state index is 14.5. The Balaban J connectivity index is 1.63. The summed E-state index contributed by atoms with van der Waals surface area (Å²) in [5, 5.41) is 29.3. The Kier molecular flexibility index (Phi) is 15.0. The number of carbonyl (C=O) groups excluding carboxylic acids is 3. The Bertz CT molecular complexity index is 1830. The normalized spacial score (nSPS) is 37.3. The van der Waals surface area contributed by atoms with E-state index in [-0.39, 0.29) is 51.2 Å². The summed E-state index contributed by atoms with van der Waals surface area (Å²) in [6, 6.07) is 9.38. The number of aliphatic hydroxyl groups is 2. The lowest BCUT2D eigenvalue weighted by Crippen LogP contribution is -2.59. The smallest absolute Gasteiger partial charge is 0.316 e. The number of fused-ring (bicyclic) bond motifs is 6. The van der Waals surface area contributed by atoms with Crippen molar-refractivity contribution in [2.24, 2.45) is 27.9 Å². The Labute approximate surface area is 341 Å². The molecule has 58 heavy (non-hydrogen) atoms. The molecule has 2 aromatic rings. The Morgan fingerprint density at radius 3 is 2.52 bits per heavy atom. The van der Waals surface area contributed by atoms with Gasteiger partial charge in [-0.15, -0.1) is 0 Å². The van der Waals surface area contributed by atoms with Gasteiger partial charge < -0.3 is 43.6 Å². The minimum atomic E-state index is -1.82. The van der Waals surface area contributed by atoms with Crippen LogP contribution in [0.4, 0.5) is 0 Å². The molecule has 15 heteroatoms. The van der Waals surface area contributed by atoms with Crippen molar-refractivity contribution in [1.82, 2.24) is 9.88 Å². The van der Waals surface area contributed by atoms with E-state index in [9.17, 15) is 24.6 Å². The maximum absolute atomic E-state index is 14.5. The molecule has 1 amide bonds. The van der Waals surface area contributed by atoms with Crippen LogP contribution in [0.2, 0.25) is 0 Å². The largest absolute Gasteiger partial charge is 0.459 e. The number of likely N-dealkylation sites (N-methyl/N-ethyl adjacent to an activating group) is 1. The first-order valence-corrected chi connectivity index (χ1v) is 20.3. The van der Waals surface area contributed by atoms with Gasteiger partial charge in [0.2, 0.25) is 5.91 Å². The van der Waals surface area contributed by atoms with Crippen LogP contribution in [0.25, 0.3) is 10.9 Å². The average molecular weight is 811 g/mol. The van der Waals surface area contributed by atoms with Gasteiger partial charge in [-0.05, 0) is 79.1 Å². The Hall–Kier alpha value is -3.70. The number of ketones is 1. The molecule has 5 rings (SSSR count). The summed E-state index contributed by atoms with van der Waals surface area (Å²) in [5.74, 6) is -4.54. The number of oxime groups is 1. The van der Waals surface area contributed by atoms with Crippen LogP contribution in [-0.4, -0.2) is 131 Å². The molecule has 15 nitrogen and oxygen atoms in total. The molecule has 320 valence electrons. The summed E-state index contributed by atoms with van der Waals surface area (Å²) in [6.07, 6.45) is -3.29. The first-order valence-electron chi connectivity index (χ1n) is 20.3. The molecule has 3 aliphatic rings. The van der Waals surface area contributed by atoms with Gasteiger partial charge in [-0.25, -0.2) is 4.99 Å². The maximum Gasteiger partial charge on any atom is 0.316 e. The number of aliphatic imine (C=N–C) groups is 1. The number of esters is 1. The Morgan fingerprint density at radius 1 is 1.10 bits per heavy atom. The highest BCUT2D eigenvalue weighted by Crippen LogP contribution is 2.39. The second kappa shape index (κ2) is 19.1. The molecule has 0 radical (unpaired) electrons. The third kappa shape index (κ3) is 10.5. The van der Waals surface area contributed by atoms with Gasteiger partial charge in [0.15, 0.2) is 12.1 Å². The molecule has 1 aromatic heterocycles. The number of hydrogen-bond acceptors (Lipinski definition) is 14. The van der Waals surface area contributed by atoms with E-state index in [0.717, 1.165) is 16.5 Å². The lowest BCUT2D eigenvalue weighted by molar-refractivity contribution is -0.296. The fourth-order valence-electron chi connectivity index (χ4n) is 8.41. The van der Waals surface area contributed by atoms with Crippen molar-refractivity contribution in [2.45, 2.75) is 142 Å². The van der Waals surface area contributed by atoms with Gasteiger partial charge in [0, 0.05) is 48.2 Å². The summed E-state index contributed by atoms with van der Waals surface area (Å²) < 4.78 is 32.3. The van der Waals surface area contributed by atoms with Gasteiger partial charge in [-0.1, -0.05) is 44.1 Å². The predicted octanol–water partition coefficient (Wildman–Crippen LogP) is 4.42. The highest BCUT2D eigenvalue weighted by Gasteiger charge is 2.51. The SMILES string of the molecule is CC[C@@H]1OC(=O)[C@H](C)C(=O)[C@H](C)[C@@H](O[C@@H]2O[C@H](C)C[C@H](N(C)C)[C@H]2O)[C@@]2(C)C[C@@H](C)C(=NC(C)=O)C[C@H](OC/C(=N/OCc3cnc4ccccc4c3)CO2)[C@]1(C)O. The summed E-state index contributed by atoms with van der Waals surface area (Å²) in [5.41, 5.74) is -0.855. The lowest BCUT2D eigenvalue weighted by Gasteiger charge is -2.47. The van der Waals surface area contributed by atoms with Crippen molar-refractivity contribution < 1.29 is 53.1 Å². The second-order valence-electron chi connectivity index (χ2n) is 16.9. The van der Waals surface area contributed by atoms with Gasteiger partial charge in [0.1, 0.15) is 36.0 Å². The Morgan fingerprint density at radius 2 is 1.83 bits per heavy atom. The molecule has 12 atom stereocenters. The second-order valence-corrected chi connectivity index (χ2v) is 16.9. The van der Waals surface area contributed by atoms with Gasteiger partial charge in [0.05, 0.1) is 42.6 Å². The third-order valence-electron chi connectivity index (χ3n) is 11.8. The molecule has 3 fully saturated rings. The fourth-order valence-corrected chi connectivity index (χ4v) is 8.41. The first-order chi connectivity index (χ1) is 27.3. The number of amides is 1. The number of pyridine rings is 1. The van der Waals surface area contributed by atoms with E-state index in [1.54, 1.807) is 27.0 Å². The summed E-state index contributed by atoms with van der Waals surface area (Å²) >= 11 is 0. The minimum absolute atomic E-state index is 0.0170. The number of rotatable bonds is 7. The predicted molar refractivity (Wildman–Crippen MR) is 216 cm³/mol. The summed E-state index contributed by atoms with van der Waals surface area (Å²) in [6.45, 7) is 13.0. The van der Waals surface area contributed by atoms with Gasteiger partial charge >= 0.3 is 5.97 Å². The first kappa shape index (κ1) is 45.4. The molecule has 3 aliphatic heterocycles. The van der Waals surface area contributed by atoms with E-state index in [4.69, 9.17) is 28.5 Å². The zero-order valence-corrected chi connectivity index (χ0v) is 35.5. The molecular weight excluding hydrogens is 748 g/mol. The number of hydrogen-bond donors (Lipinski definition) is 2. The summed E-state index contributed by atoms with van der Waals surface area (Å²) in [7, 11) is 3.73. The van der Waals surface area contributed by atoms with Crippen LogP contribution < -0.4 is 0 Å². The van der Waals surface area contributed by atoms with Crippen molar-refractivity contribution in [3.8, 4) is 0 Å². The summed E-state index contributed by atoms with van der Waals surface area (Å²) in [4.78, 5) is 57.7. The topological polar surface area (TPSA) is 188 Å². The molecular formula is C43H62N4O11. The number of para-hydroxylation sites is 1. The van der Waals surface area contributed by atoms with Crippen LogP contribution in [0.15, 0.2) is 46.7 Å². The van der Waals surface area contributed by atoms with Crippen molar-refractivity contribution in [2.75, 3.05) is 27.3 Å². The number of aromatic nitrogens is 1. The molecule has 0 saturated carbocycles. The van der Waals surface area contributed by atoms with Gasteiger partial charge in [-0.3, -0.25) is 19.4 Å². The third-order valence-corrected chi connectivity index (χ3v) is 11.8. The number of Topliss-reactive ketones (excluding diaryl/α,β-unsaturated/α-hetero) is 1. The quantitative estimate of drug-likeness (QED) is 0.228. The van der Waals surface area contributed by atoms with Crippen molar-refractivity contribution >= 4 is 40.0 Å². The van der Waals surface area contributed by atoms with E-state index < -0.39 is 77.3 Å². The lowest BCUT2D eigenvalue weighted by atomic mass is 9.76. The standard InChI is InChI=1S/C43H62N4O11/c1-11-35-43(8,52)36-18-33(45-28(6)48)24(2)19-42(7,54-23-31(22-53-36)46-55-21-29-17-30-14-12-13-15-32(30)44-20-29)39(26(4)37(49)27(5)40(51)57-35)58-41-38(50)34(47(9)10)16-25(3)56-41/h12-15,17,20,24-27,34-36,38-39,41,50,52H,11,16,18-19,21-23H2,1-10H3/b45-33?,46-31-/t24-,25-,26+,27-,34+,35+,36+,38-,39-,41+,42-,43-/m1/s1. The van der Waals surface area contributed by atoms with Crippen LogP contribution in [0.3, 0.4) is 0 Å².